The molecule has 6 nitrogen and oxygen atoms in total. The molecule has 20 heavy (non-hydrogen) atoms. The molecule has 0 spiro atoms. The lowest BCUT2D eigenvalue weighted by molar-refractivity contribution is 0.483. The van der Waals surface area contributed by atoms with Gasteiger partial charge in [0, 0.05) is 10.7 Å². The molecule has 0 aliphatic carbocycles. The van der Waals surface area contributed by atoms with Crippen molar-refractivity contribution in [3.8, 4) is 0 Å². The fraction of sp³-hybridized carbons (Fsp3) is 0. The molecule has 0 aliphatic heterocycles. The lowest BCUT2D eigenvalue weighted by Gasteiger charge is -2.02. The topological polar surface area (TPSA) is 105 Å². The third-order valence-corrected chi connectivity index (χ3v) is 3.50. The van der Waals surface area contributed by atoms with Gasteiger partial charge in [0.2, 0.25) is 0 Å². The van der Waals surface area contributed by atoms with Crippen LogP contribution in [0.15, 0.2) is 57.6 Å². The van der Waals surface area contributed by atoms with E-state index in [1.54, 1.807) is 24.3 Å². The fourth-order valence-electron chi connectivity index (χ4n) is 1.44. The molecule has 0 bridgehead atoms. The molecule has 104 valence electrons. The van der Waals surface area contributed by atoms with Crippen LogP contribution in [0.5, 0.6) is 0 Å². The molecular formula is C12H10ClN3O3S. The molecule has 2 aromatic rings. The highest BCUT2D eigenvalue weighted by Gasteiger charge is 2.15. The second kappa shape index (κ2) is 5.58. The zero-order chi connectivity index (χ0) is 14.8. The minimum Gasteiger partial charge on any atom is -0.399 e. The zero-order valence-electron chi connectivity index (χ0n) is 10.1. The van der Waals surface area contributed by atoms with Crippen molar-refractivity contribution < 1.29 is 13.0 Å². The van der Waals surface area contributed by atoms with E-state index in [0.29, 0.717) is 11.4 Å². The van der Waals surface area contributed by atoms with Crippen LogP contribution in [0.1, 0.15) is 0 Å². The molecule has 8 heteroatoms. The third kappa shape index (κ3) is 3.53. The Morgan fingerprint density at radius 1 is 1.05 bits per heavy atom. The minimum atomic E-state index is -4.39. The highest BCUT2D eigenvalue weighted by molar-refractivity contribution is 7.86. The molecule has 0 saturated carbocycles. The van der Waals surface area contributed by atoms with E-state index >= 15 is 0 Å². The van der Waals surface area contributed by atoms with Crippen LogP contribution in [0, 0.1) is 0 Å². The van der Waals surface area contributed by atoms with Crippen molar-refractivity contribution in [2.45, 2.75) is 4.90 Å². The molecule has 0 fully saturated rings. The number of rotatable bonds is 3. The Labute approximate surface area is 120 Å². The molecule has 0 radical (unpaired) electrons. The maximum atomic E-state index is 11.2. The standard InChI is InChI=1S/C12H10ClN3O3S/c13-8-1-6-12(20(17,18)19)11(7-8)16-15-10-4-2-9(14)3-5-10/h1-7H,14H2,(H,17,18,19). The summed E-state index contributed by atoms with van der Waals surface area (Å²) in [5.74, 6) is 0. The van der Waals surface area contributed by atoms with Gasteiger partial charge in [0.25, 0.3) is 10.1 Å². The van der Waals surface area contributed by atoms with E-state index in [9.17, 15) is 8.42 Å². The van der Waals surface area contributed by atoms with Gasteiger partial charge in [-0.3, -0.25) is 4.55 Å². The summed E-state index contributed by atoms with van der Waals surface area (Å²) in [6.07, 6.45) is 0. The van der Waals surface area contributed by atoms with Gasteiger partial charge < -0.3 is 5.73 Å². The molecule has 2 rings (SSSR count). The normalized spacial score (nSPS) is 11.9. The Morgan fingerprint density at radius 2 is 1.70 bits per heavy atom. The van der Waals surface area contributed by atoms with E-state index in [1.165, 1.54) is 12.1 Å². The van der Waals surface area contributed by atoms with Gasteiger partial charge in [0.15, 0.2) is 0 Å². The number of halogens is 1. The lowest BCUT2D eigenvalue weighted by atomic mass is 10.3. The summed E-state index contributed by atoms with van der Waals surface area (Å²) in [6.45, 7) is 0. The van der Waals surface area contributed by atoms with Gasteiger partial charge in [0.1, 0.15) is 10.6 Å². The van der Waals surface area contributed by atoms with Crippen LogP contribution in [0.3, 0.4) is 0 Å². The second-order valence-corrected chi connectivity index (χ2v) is 5.71. The first-order valence-electron chi connectivity index (χ1n) is 5.40. The number of nitrogens with two attached hydrogens (primary N) is 1. The number of azo groups is 1. The lowest BCUT2D eigenvalue weighted by Crippen LogP contribution is -1.97. The summed E-state index contributed by atoms with van der Waals surface area (Å²) in [7, 11) is -4.39. The molecular weight excluding hydrogens is 302 g/mol. The first kappa shape index (κ1) is 14.4. The summed E-state index contributed by atoms with van der Waals surface area (Å²) in [6, 6.07) is 10.3. The average molecular weight is 312 g/mol. The molecule has 0 unspecified atom stereocenters. The van der Waals surface area contributed by atoms with Crippen molar-refractivity contribution >= 4 is 38.8 Å². The van der Waals surface area contributed by atoms with Crippen LogP contribution in [0.4, 0.5) is 17.1 Å². The average Bonchev–Trinajstić information content (AvgIpc) is 2.36. The first-order chi connectivity index (χ1) is 9.36. The smallest absolute Gasteiger partial charge is 0.296 e. The number of hydrogen-bond donors (Lipinski definition) is 2. The highest BCUT2D eigenvalue weighted by Crippen LogP contribution is 2.29. The second-order valence-electron chi connectivity index (χ2n) is 3.88. The van der Waals surface area contributed by atoms with Crippen molar-refractivity contribution in [1.29, 1.82) is 0 Å². The predicted octanol–water partition coefficient (Wildman–Crippen LogP) is 3.58. The summed E-state index contributed by atoms with van der Waals surface area (Å²) < 4.78 is 31.5. The van der Waals surface area contributed by atoms with Crippen molar-refractivity contribution in [3.05, 3.63) is 47.5 Å². The van der Waals surface area contributed by atoms with E-state index < -0.39 is 10.1 Å². The van der Waals surface area contributed by atoms with Gasteiger partial charge in [0.05, 0.1) is 5.69 Å². The van der Waals surface area contributed by atoms with E-state index in [4.69, 9.17) is 21.9 Å². The summed E-state index contributed by atoms with van der Waals surface area (Å²) in [5.41, 5.74) is 6.55. The Kier molecular flexibility index (Phi) is 4.03. The quantitative estimate of drug-likeness (QED) is 0.513. The number of nitrogen functional groups attached to an aromatic ring is 1. The molecule has 0 atom stereocenters. The first-order valence-corrected chi connectivity index (χ1v) is 7.22. The maximum absolute atomic E-state index is 11.2. The zero-order valence-corrected chi connectivity index (χ0v) is 11.6. The van der Waals surface area contributed by atoms with Crippen LogP contribution in [-0.2, 0) is 10.1 Å². The minimum absolute atomic E-state index is 0.0446. The summed E-state index contributed by atoms with van der Waals surface area (Å²) >= 11 is 5.77. The SMILES string of the molecule is Nc1ccc(N=Nc2cc(Cl)ccc2S(=O)(=O)O)cc1. The number of anilines is 1. The molecule has 3 N–H and O–H groups in total. The third-order valence-electron chi connectivity index (χ3n) is 2.37. The number of benzene rings is 2. The van der Waals surface area contributed by atoms with Crippen LogP contribution in [-0.4, -0.2) is 13.0 Å². The van der Waals surface area contributed by atoms with E-state index in [2.05, 4.69) is 10.2 Å². The van der Waals surface area contributed by atoms with Crippen molar-refractivity contribution in [2.24, 2.45) is 10.2 Å². The fourth-order valence-corrected chi connectivity index (χ4v) is 2.21. The number of nitrogens with zero attached hydrogens (tertiary/aromatic N) is 2. The summed E-state index contributed by atoms with van der Waals surface area (Å²) in [4.78, 5) is -0.360. The van der Waals surface area contributed by atoms with Gasteiger partial charge in [-0.25, -0.2) is 0 Å². The largest absolute Gasteiger partial charge is 0.399 e. The van der Waals surface area contributed by atoms with Gasteiger partial charge in [-0.15, -0.1) is 5.11 Å². The van der Waals surface area contributed by atoms with Gasteiger partial charge in [-0.1, -0.05) is 11.6 Å². The molecule has 0 amide bonds. The van der Waals surface area contributed by atoms with E-state index in [-0.39, 0.29) is 15.6 Å². The number of hydrogen-bond acceptors (Lipinski definition) is 5. The van der Waals surface area contributed by atoms with Crippen LogP contribution in [0.2, 0.25) is 5.02 Å². The van der Waals surface area contributed by atoms with Crippen LogP contribution in [0.25, 0.3) is 0 Å². The monoisotopic (exact) mass is 311 g/mol. The molecule has 0 heterocycles. The van der Waals surface area contributed by atoms with Crippen LogP contribution >= 0.6 is 11.6 Å². The Balaban J connectivity index is 2.42. The van der Waals surface area contributed by atoms with E-state index in [1.807, 2.05) is 0 Å². The Morgan fingerprint density at radius 3 is 2.30 bits per heavy atom. The summed E-state index contributed by atoms with van der Waals surface area (Å²) in [5, 5.41) is 7.94. The molecule has 0 saturated heterocycles. The predicted molar refractivity (Wildman–Crippen MR) is 76.3 cm³/mol. The van der Waals surface area contributed by atoms with Gasteiger partial charge >= 0.3 is 0 Å². The Bertz CT molecular complexity index is 758. The van der Waals surface area contributed by atoms with Crippen LogP contribution < -0.4 is 5.73 Å². The van der Waals surface area contributed by atoms with Crippen molar-refractivity contribution in [2.75, 3.05) is 5.73 Å². The Hall–Kier alpha value is -1.96. The molecule has 2 aromatic carbocycles. The maximum Gasteiger partial charge on any atom is 0.296 e. The highest BCUT2D eigenvalue weighted by atomic mass is 35.5. The molecule has 0 aliphatic rings. The van der Waals surface area contributed by atoms with E-state index in [0.717, 1.165) is 6.07 Å². The van der Waals surface area contributed by atoms with Crippen molar-refractivity contribution in [3.63, 3.8) is 0 Å². The molecule has 0 aromatic heterocycles. The van der Waals surface area contributed by atoms with Gasteiger partial charge in [-0.05, 0) is 42.5 Å². The van der Waals surface area contributed by atoms with Gasteiger partial charge in [-0.2, -0.15) is 13.5 Å². The van der Waals surface area contributed by atoms with Crippen molar-refractivity contribution in [1.82, 2.24) is 0 Å².